The Kier molecular flexibility index (Phi) is 8.43. The number of benzene rings is 1. The van der Waals surface area contributed by atoms with Crippen LogP contribution in [0, 0.1) is 5.92 Å². The van der Waals surface area contributed by atoms with Gasteiger partial charge in [-0.2, -0.15) is 0 Å². The van der Waals surface area contributed by atoms with Crippen LogP contribution in [0.15, 0.2) is 54.4 Å². The maximum atomic E-state index is 5.85. The molecule has 0 radical (unpaired) electrons. The average Bonchev–Trinajstić information content (AvgIpc) is 3.67. The van der Waals surface area contributed by atoms with Gasteiger partial charge >= 0.3 is 0 Å². The first-order chi connectivity index (χ1) is 21.1. The number of rotatable bonds is 5. The minimum absolute atomic E-state index is 0.695. The smallest absolute Gasteiger partial charge is 0.180 e. The Bertz CT molecular complexity index is 1530. The van der Waals surface area contributed by atoms with Crippen molar-refractivity contribution in [2.45, 2.75) is 38.0 Å². The summed E-state index contributed by atoms with van der Waals surface area (Å²) < 4.78 is 5.85. The highest BCUT2D eigenvalue weighted by molar-refractivity contribution is 7.15. The number of nitrogen functional groups attached to an aromatic ring is 2. The van der Waals surface area contributed by atoms with Gasteiger partial charge in [-0.1, -0.05) is 18.2 Å². The van der Waals surface area contributed by atoms with E-state index in [1.165, 1.54) is 50.8 Å². The highest BCUT2D eigenvalue weighted by Gasteiger charge is 2.39. The van der Waals surface area contributed by atoms with Gasteiger partial charge in [0.1, 0.15) is 12.4 Å². The number of pyridine rings is 1. The lowest BCUT2D eigenvalue weighted by Crippen LogP contribution is -2.30. The number of aromatic nitrogens is 3. The molecule has 6 heterocycles. The average molecular weight is 614 g/mol. The van der Waals surface area contributed by atoms with Crippen molar-refractivity contribution < 1.29 is 4.74 Å². The number of hydrogen-bond donors (Lipinski definition) is 2. The minimum atomic E-state index is 0.695. The molecule has 8 nitrogen and oxygen atoms in total. The first kappa shape index (κ1) is 28.5. The van der Waals surface area contributed by atoms with E-state index in [1.54, 1.807) is 22.7 Å². The molecule has 43 heavy (non-hydrogen) atoms. The summed E-state index contributed by atoms with van der Waals surface area (Å²) >= 11 is 3.31. The molecule has 0 amide bonds. The third kappa shape index (κ3) is 6.93. The Labute approximate surface area is 261 Å². The molecule has 4 N–H and O–H groups in total. The molecule has 4 aliphatic rings. The van der Waals surface area contributed by atoms with E-state index in [0.717, 1.165) is 81.1 Å². The van der Waals surface area contributed by atoms with Gasteiger partial charge in [0.25, 0.3) is 0 Å². The quantitative estimate of drug-likeness (QED) is 0.327. The van der Waals surface area contributed by atoms with Crippen LogP contribution in [-0.4, -0.2) is 70.6 Å². The highest BCUT2D eigenvalue weighted by Crippen LogP contribution is 2.47. The van der Waals surface area contributed by atoms with Gasteiger partial charge in [0.2, 0.25) is 0 Å². The summed E-state index contributed by atoms with van der Waals surface area (Å²) in [7, 11) is 0. The van der Waals surface area contributed by atoms with E-state index >= 15 is 0 Å². The molecule has 2 unspecified atom stereocenters. The Morgan fingerprint density at radius 2 is 1.47 bits per heavy atom. The molecule has 224 valence electrons. The van der Waals surface area contributed by atoms with Crippen molar-refractivity contribution in [2.24, 2.45) is 5.92 Å². The Morgan fingerprint density at radius 3 is 2.21 bits per heavy atom. The fourth-order valence-corrected chi connectivity index (χ4v) is 8.28. The summed E-state index contributed by atoms with van der Waals surface area (Å²) in [5.74, 6) is 2.56. The third-order valence-electron chi connectivity index (χ3n) is 8.90. The molecule has 10 heteroatoms. The molecule has 0 spiro atoms. The lowest BCUT2D eigenvalue weighted by molar-refractivity contribution is 0.274. The van der Waals surface area contributed by atoms with Crippen LogP contribution in [0.5, 0.6) is 5.75 Å². The predicted octanol–water partition coefficient (Wildman–Crippen LogP) is 4.93. The second-order valence-corrected chi connectivity index (χ2v) is 14.2. The van der Waals surface area contributed by atoms with Gasteiger partial charge in [-0.05, 0) is 66.5 Å². The van der Waals surface area contributed by atoms with Crippen molar-refractivity contribution in [3.63, 3.8) is 0 Å². The first-order valence-electron chi connectivity index (χ1n) is 15.3. The van der Waals surface area contributed by atoms with Crippen LogP contribution >= 0.6 is 22.7 Å². The monoisotopic (exact) mass is 613 g/mol. The maximum absolute atomic E-state index is 5.85. The molecular weight excluding hydrogens is 575 g/mol. The maximum Gasteiger partial charge on any atom is 0.180 e. The second-order valence-electron chi connectivity index (χ2n) is 11.9. The molecule has 4 aromatic rings. The van der Waals surface area contributed by atoms with E-state index in [0.29, 0.717) is 11.7 Å². The molecule has 3 aromatic heterocycles. The number of nitrogens with zero attached hydrogens (tertiary/aromatic N) is 5. The van der Waals surface area contributed by atoms with Gasteiger partial charge in [-0.3, -0.25) is 9.88 Å². The van der Waals surface area contributed by atoms with Crippen LogP contribution in [0.2, 0.25) is 0 Å². The minimum Gasteiger partial charge on any atom is -0.489 e. The van der Waals surface area contributed by atoms with Crippen molar-refractivity contribution in [3.05, 3.63) is 86.6 Å². The molecule has 0 saturated heterocycles. The van der Waals surface area contributed by atoms with Gasteiger partial charge in [-0.25, -0.2) is 9.97 Å². The molecule has 8 rings (SSSR count). The zero-order valence-corrected chi connectivity index (χ0v) is 26.1. The number of ether oxygens (including phenoxy) is 1. The summed E-state index contributed by atoms with van der Waals surface area (Å²) in [6.07, 6.45) is 11.6. The molecule has 1 aromatic carbocycles. The van der Waals surface area contributed by atoms with E-state index in [1.807, 2.05) is 24.5 Å². The SMILES string of the molecule is Nc1nc2c(s1)CCN(CC1=Cc3ccccc3OC1)CC2.Nc1nc2c(s1)CCN(CC1CC1c1ccncc1)CC2. The van der Waals surface area contributed by atoms with Crippen molar-refractivity contribution in [3.8, 4) is 5.75 Å². The van der Waals surface area contributed by atoms with Crippen molar-refractivity contribution in [1.29, 1.82) is 0 Å². The highest BCUT2D eigenvalue weighted by atomic mass is 32.1. The number of thiazole rings is 2. The van der Waals surface area contributed by atoms with Gasteiger partial charge in [-0.15, -0.1) is 22.7 Å². The van der Waals surface area contributed by atoms with Crippen molar-refractivity contribution in [1.82, 2.24) is 24.8 Å². The van der Waals surface area contributed by atoms with E-state index in [2.05, 4.69) is 55.1 Å². The zero-order valence-electron chi connectivity index (χ0n) is 24.5. The van der Waals surface area contributed by atoms with E-state index in [9.17, 15) is 0 Å². The summed E-state index contributed by atoms with van der Waals surface area (Å²) in [5.41, 5.74) is 18.0. The van der Waals surface area contributed by atoms with Crippen LogP contribution in [0.4, 0.5) is 10.3 Å². The molecule has 1 fully saturated rings. The Hall–Kier alpha value is -3.31. The summed E-state index contributed by atoms with van der Waals surface area (Å²) in [6.45, 7) is 7.25. The van der Waals surface area contributed by atoms with Gasteiger partial charge in [0.15, 0.2) is 10.3 Å². The first-order valence-corrected chi connectivity index (χ1v) is 16.9. The van der Waals surface area contributed by atoms with Crippen LogP contribution in [0.1, 0.15) is 44.6 Å². The number of fused-ring (bicyclic) bond motifs is 3. The normalized spacial score (nSPS) is 21.5. The Morgan fingerprint density at radius 1 is 0.814 bits per heavy atom. The second kappa shape index (κ2) is 12.7. The largest absolute Gasteiger partial charge is 0.489 e. The van der Waals surface area contributed by atoms with Gasteiger partial charge in [0, 0.05) is 79.8 Å². The third-order valence-corrected chi connectivity index (χ3v) is 10.9. The van der Waals surface area contributed by atoms with Gasteiger partial charge < -0.3 is 21.1 Å². The van der Waals surface area contributed by atoms with E-state index < -0.39 is 0 Å². The van der Waals surface area contributed by atoms with Crippen LogP contribution in [0.3, 0.4) is 0 Å². The van der Waals surface area contributed by atoms with E-state index in [4.69, 9.17) is 16.2 Å². The summed E-state index contributed by atoms with van der Waals surface area (Å²) in [4.78, 5) is 20.9. The molecule has 1 aliphatic carbocycles. The molecule has 2 atom stereocenters. The van der Waals surface area contributed by atoms with Crippen LogP contribution in [-0.2, 0) is 25.7 Å². The van der Waals surface area contributed by atoms with Crippen LogP contribution in [0.25, 0.3) is 6.08 Å². The molecule has 1 saturated carbocycles. The molecule has 0 bridgehead atoms. The van der Waals surface area contributed by atoms with Crippen LogP contribution < -0.4 is 16.2 Å². The number of para-hydroxylation sites is 1. The zero-order chi connectivity index (χ0) is 29.2. The lowest BCUT2D eigenvalue weighted by atomic mass is 10.1. The lowest BCUT2D eigenvalue weighted by Gasteiger charge is -2.24. The summed E-state index contributed by atoms with van der Waals surface area (Å²) in [6, 6.07) is 12.5. The Balaban J connectivity index is 0.000000140. The number of nitrogens with two attached hydrogens (primary N) is 2. The van der Waals surface area contributed by atoms with E-state index in [-0.39, 0.29) is 0 Å². The van der Waals surface area contributed by atoms with Crippen molar-refractivity contribution >= 4 is 39.0 Å². The standard InChI is InChI=1S/C17H19N3OS.C16H20N4S/c18-17-19-14-5-7-20(8-6-16(14)22-17)10-12-9-13-3-1-2-4-15(13)21-11-12;17-16-19-14-3-7-20(8-4-15(14)21-16)10-12-9-13(12)11-1-5-18-6-2-11/h1-4,9H,5-8,10-11H2,(H2,18,19);1-2,5-6,12-13H,3-4,7-10H2,(H2,17,19). The topological polar surface area (TPSA) is 106 Å². The fraction of sp³-hybridized carbons (Fsp3) is 0.424. The van der Waals surface area contributed by atoms with Gasteiger partial charge in [0.05, 0.1) is 11.4 Å². The molecular formula is C33H39N7OS2. The fourth-order valence-electron chi connectivity index (χ4n) is 6.54. The number of anilines is 2. The molecule has 3 aliphatic heterocycles. The summed E-state index contributed by atoms with van der Waals surface area (Å²) in [5, 5.41) is 1.44. The van der Waals surface area contributed by atoms with Crippen molar-refractivity contribution in [2.75, 3.05) is 57.3 Å². The predicted molar refractivity (Wildman–Crippen MR) is 176 cm³/mol. The number of hydrogen-bond acceptors (Lipinski definition) is 10.